The smallest absolute Gasteiger partial charge is 0.343 e. The molecule has 180 valence electrons. The van der Waals surface area contributed by atoms with E-state index in [1.54, 1.807) is 26.4 Å². The highest BCUT2D eigenvalue weighted by Crippen LogP contribution is 2.45. The molecule has 2 heterocycles. The minimum Gasteiger partial charge on any atom is -0.492 e. The summed E-state index contributed by atoms with van der Waals surface area (Å²) in [6.07, 6.45) is 5.80. The normalized spacial score (nSPS) is 17.3. The molecule has 0 bridgehead atoms. The lowest BCUT2D eigenvalue weighted by Crippen LogP contribution is -2.48. The van der Waals surface area contributed by atoms with Crippen LogP contribution in [0.5, 0.6) is 5.75 Å². The summed E-state index contributed by atoms with van der Waals surface area (Å²) < 4.78 is 18.8. The van der Waals surface area contributed by atoms with Crippen LogP contribution in [0.2, 0.25) is 5.02 Å². The Hall–Kier alpha value is -2.03. The third-order valence-electron chi connectivity index (χ3n) is 5.76. The van der Waals surface area contributed by atoms with Crippen LogP contribution in [-0.4, -0.2) is 43.1 Å². The van der Waals surface area contributed by atoms with E-state index in [4.69, 9.17) is 25.8 Å². The van der Waals surface area contributed by atoms with Crippen molar-refractivity contribution in [3.63, 3.8) is 0 Å². The molecule has 0 spiro atoms. The average Bonchev–Trinajstić information content (AvgIpc) is 3.08. The van der Waals surface area contributed by atoms with Gasteiger partial charge in [-0.2, -0.15) is 0 Å². The van der Waals surface area contributed by atoms with Gasteiger partial charge in [0.15, 0.2) is 5.43 Å². The van der Waals surface area contributed by atoms with Crippen LogP contribution in [0.15, 0.2) is 39.9 Å². The highest BCUT2D eigenvalue weighted by atomic mass is 79.9. The van der Waals surface area contributed by atoms with E-state index in [-0.39, 0.29) is 29.2 Å². The van der Waals surface area contributed by atoms with Crippen LogP contribution in [0.4, 0.5) is 0 Å². The molecule has 2 aromatic rings. The number of esters is 1. The van der Waals surface area contributed by atoms with E-state index in [1.807, 2.05) is 16.8 Å². The Morgan fingerprint density at radius 1 is 1.30 bits per heavy atom. The first-order valence-corrected chi connectivity index (χ1v) is 12.2. The summed E-state index contributed by atoms with van der Waals surface area (Å²) >= 11 is 10.1. The molecule has 3 rings (SSSR count). The van der Waals surface area contributed by atoms with Crippen molar-refractivity contribution in [3.05, 3.63) is 61.4 Å². The second-order valence-corrected chi connectivity index (χ2v) is 9.80. The summed E-state index contributed by atoms with van der Waals surface area (Å²) in [4.78, 5) is 24.6. The number of benzene rings is 1. The number of ether oxygens (including phenoxy) is 3. The Morgan fingerprint density at radius 2 is 2.06 bits per heavy atom. The molecule has 0 radical (unpaired) electrons. The number of carbonyl (C=O) groups excluding carboxylic acids is 1. The zero-order chi connectivity index (χ0) is 24.2. The molecule has 1 aromatic heterocycles. The van der Waals surface area contributed by atoms with Crippen LogP contribution in [0.1, 0.15) is 62.0 Å². The maximum absolute atomic E-state index is 12.3. The van der Waals surface area contributed by atoms with Gasteiger partial charge >= 0.3 is 5.97 Å². The third kappa shape index (κ3) is 5.73. The van der Waals surface area contributed by atoms with Gasteiger partial charge in [-0.1, -0.05) is 27.5 Å². The maximum Gasteiger partial charge on any atom is 0.343 e. The highest BCUT2D eigenvalue weighted by molar-refractivity contribution is 9.10. The standard InChI is InChI=1S/C24H30BrClN2O5/c1-5-32-23(30)17-15-27(10-8-21(17)29)28-20(7-9-24(28,2)3)16-13-22(19(26)14-18(16)25)33-12-6-11-31-4/h8,10,13-15,20H,5-7,9,11-12H2,1-4H3. The fraction of sp³-hybridized carbons (Fsp3) is 0.500. The molecule has 1 aliphatic rings. The topological polar surface area (TPSA) is 70.0 Å². The summed E-state index contributed by atoms with van der Waals surface area (Å²) in [7, 11) is 1.66. The number of hydrogen-bond acceptors (Lipinski definition) is 6. The molecular weight excluding hydrogens is 512 g/mol. The fourth-order valence-corrected chi connectivity index (χ4v) is 5.13. The highest BCUT2D eigenvalue weighted by Gasteiger charge is 2.41. The van der Waals surface area contributed by atoms with Crippen LogP contribution in [0.3, 0.4) is 0 Å². The number of aromatic nitrogens is 1. The first-order chi connectivity index (χ1) is 15.7. The number of halogens is 2. The molecule has 33 heavy (non-hydrogen) atoms. The molecule has 0 N–H and O–H groups in total. The van der Waals surface area contributed by atoms with Gasteiger partial charge in [0.25, 0.3) is 0 Å². The molecule has 1 saturated heterocycles. The molecule has 0 saturated carbocycles. The second kappa shape index (κ2) is 10.9. The van der Waals surface area contributed by atoms with Gasteiger partial charge in [-0.15, -0.1) is 0 Å². The van der Waals surface area contributed by atoms with Gasteiger partial charge < -0.3 is 19.2 Å². The summed E-state index contributed by atoms with van der Waals surface area (Å²) in [5, 5.41) is 2.71. The van der Waals surface area contributed by atoms with Gasteiger partial charge in [0.1, 0.15) is 11.3 Å². The third-order valence-corrected chi connectivity index (χ3v) is 6.74. The molecular formula is C24H30BrClN2O5. The van der Waals surface area contributed by atoms with Crippen molar-refractivity contribution in [3.8, 4) is 5.75 Å². The summed E-state index contributed by atoms with van der Waals surface area (Å²) in [6, 6.07) is 5.18. The largest absolute Gasteiger partial charge is 0.492 e. The van der Waals surface area contributed by atoms with Crippen LogP contribution in [0, 0.1) is 0 Å². The van der Waals surface area contributed by atoms with Crippen LogP contribution in [-0.2, 0) is 9.47 Å². The van der Waals surface area contributed by atoms with E-state index >= 15 is 0 Å². The van der Waals surface area contributed by atoms with Gasteiger partial charge in [0, 0.05) is 43.1 Å². The SMILES string of the molecule is CCOC(=O)c1cn(N2C(c3cc(OCCCOC)c(Cl)cc3Br)CCC2(C)C)ccc1=O. The molecule has 0 amide bonds. The predicted molar refractivity (Wildman–Crippen MR) is 132 cm³/mol. The summed E-state index contributed by atoms with van der Waals surface area (Å²) in [5.74, 6) is -0.00688. The molecule has 1 aliphatic heterocycles. The molecule has 7 nitrogen and oxygen atoms in total. The molecule has 1 fully saturated rings. The average molecular weight is 542 g/mol. The van der Waals surface area contributed by atoms with Gasteiger partial charge in [-0.3, -0.25) is 9.47 Å². The first-order valence-electron chi connectivity index (χ1n) is 11.0. The maximum atomic E-state index is 12.3. The van der Waals surface area contributed by atoms with Crippen molar-refractivity contribution in [1.29, 1.82) is 0 Å². The Morgan fingerprint density at radius 3 is 2.76 bits per heavy atom. The monoisotopic (exact) mass is 540 g/mol. The van der Waals surface area contributed by atoms with Crippen molar-refractivity contribution in [2.75, 3.05) is 31.9 Å². The Labute approximate surface area is 207 Å². The van der Waals surface area contributed by atoms with E-state index in [2.05, 4.69) is 34.8 Å². The Kier molecular flexibility index (Phi) is 8.48. The second-order valence-electron chi connectivity index (χ2n) is 8.53. The van der Waals surface area contributed by atoms with Crippen molar-refractivity contribution in [1.82, 2.24) is 4.68 Å². The van der Waals surface area contributed by atoms with Gasteiger partial charge in [0.2, 0.25) is 0 Å². The van der Waals surface area contributed by atoms with Crippen molar-refractivity contribution in [2.24, 2.45) is 0 Å². The lowest BCUT2D eigenvalue weighted by molar-refractivity contribution is 0.0523. The van der Waals surface area contributed by atoms with E-state index in [1.165, 1.54) is 6.07 Å². The molecule has 0 aliphatic carbocycles. The quantitative estimate of drug-likeness (QED) is 0.325. The van der Waals surface area contributed by atoms with E-state index < -0.39 is 5.97 Å². The van der Waals surface area contributed by atoms with Crippen LogP contribution >= 0.6 is 27.5 Å². The van der Waals surface area contributed by atoms with E-state index in [0.29, 0.717) is 24.0 Å². The van der Waals surface area contributed by atoms with Gasteiger partial charge in [0.05, 0.1) is 29.8 Å². The van der Waals surface area contributed by atoms with Crippen molar-refractivity contribution in [2.45, 2.75) is 51.6 Å². The molecule has 1 aromatic carbocycles. The van der Waals surface area contributed by atoms with Gasteiger partial charge in [-0.25, -0.2) is 4.79 Å². The first kappa shape index (κ1) is 25.6. The number of rotatable bonds is 9. The predicted octanol–water partition coefficient (Wildman–Crippen LogP) is 5.11. The summed E-state index contributed by atoms with van der Waals surface area (Å²) in [5.41, 5.74) is 0.434. The Bertz CT molecular complexity index is 1060. The minimum absolute atomic E-state index is 0.0122. The van der Waals surface area contributed by atoms with E-state index in [9.17, 15) is 9.59 Å². The van der Waals surface area contributed by atoms with Crippen LogP contribution < -0.4 is 15.2 Å². The number of pyridine rings is 1. The lowest BCUT2D eigenvalue weighted by atomic mass is 10.0. The number of hydrogen-bond donors (Lipinski definition) is 0. The van der Waals surface area contributed by atoms with Crippen molar-refractivity contribution >= 4 is 33.5 Å². The molecule has 9 heteroatoms. The number of nitrogens with zero attached hydrogens (tertiary/aromatic N) is 2. The van der Waals surface area contributed by atoms with Gasteiger partial charge in [-0.05, 0) is 51.3 Å². The Balaban J connectivity index is 1.99. The van der Waals surface area contributed by atoms with Crippen molar-refractivity contribution < 1.29 is 19.0 Å². The molecule has 1 unspecified atom stereocenters. The number of carbonyl (C=O) groups is 1. The lowest BCUT2D eigenvalue weighted by Gasteiger charge is -2.40. The van der Waals surface area contributed by atoms with Crippen LogP contribution in [0.25, 0.3) is 0 Å². The molecule has 1 atom stereocenters. The fourth-order valence-electron chi connectivity index (χ4n) is 4.17. The summed E-state index contributed by atoms with van der Waals surface area (Å²) in [6.45, 7) is 7.31. The van der Waals surface area contributed by atoms with E-state index in [0.717, 1.165) is 29.3 Å². The zero-order valence-corrected chi connectivity index (χ0v) is 21.7. The minimum atomic E-state index is -0.621. The zero-order valence-electron chi connectivity index (χ0n) is 19.4. The number of methoxy groups -OCH3 is 1.